The van der Waals surface area contributed by atoms with E-state index < -0.39 is 12.8 Å². The number of pyridine rings is 1. The van der Waals surface area contributed by atoms with E-state index in [4.69, 9.17) is 0 Å². The summed E-state index contributed by atoms with van der Waals surface area (Å²) in [4.78, 5) is 16.0. The highest BCUT2D eigenvalue weighted by Gasteiger charge is 2.28. The Labute approximate surface area is 152 Å². The predicted octanol–water partition coefficient (Wildman–Crippen LogP) is 3.77. The molecule has 1 N–H and O–H groups in total. The summed E-state index contributed by atoms with van der Waals surface area (Å²) in [5.41, 5.74) is 2.59. The third-order valence-corrected chi connectivity index (χ3v) is 3.48. The summed E-state index contributed by atoms with van der Waals surface area (Å²) in [5.74, 6) is -0.548. The molecule has 0 radical (unpaired) electrons. The number of rotatable bonds is 5. The molecule has 0 fully saturated rings. The van der Waals surface area contributed by atoms with Crippen LogP contribution < -0.4 is 10.1 Å². The molecule has 0 bridgehead atoms. The monoisotopic (exact) mass is 376 g/mol. The number of anilines is 1. The van der Waals surface area contributed by atoms with Crippen LogP contribution in [0.15, 0.2) is 55.0 Å². The van der Waals surface area contributed by atoms with Crippen molar-refractivity contribution in [3.05, 3.63) is 66.1 Å². The highest BCUT2D eigenvalue weighted by Crippen LogP contribution is 2.18. The maximum absolute atomic E-state index is 12.3. The molecule has 3 aromatic rings. The van der Waals surface area contributed by atoms with Gasteiger partial charge >= 0.3 is 6.18 Å². The molecule has 9 heteroatoms. The topological polar surface area (TPSA) is 69.0 Å². The molecule has 0 saturated heterocycles. The number of aryl methyl sites for hydroxylation is 1. The van der Waals surface area contributed by atoms with Crippen molar-refractivity contribution in [2.75, 3.05) is 11.9 Å². The van der Waals surface area contributed by atoms with E-state index in [2.05, 4.69) is 20.1 Å². The number of carbonyl (C=O) groups excluding carboxylic acids is 1. The minimum Gasteiger partial charge on any atom is -0.468 e. The van der Waals surface area contributed by atoms with E-state index in [-0.39, 0.29) is 11.8 Å². The molecule has 6 nitrogen and oxygen atoms in total. The molecule has 2 heterocycles. The molecule has 1 aromatic carbocycles. The van der Waals surface area contributed by atoms with Crippen LogP contribution >= 0.6 is 0 Å². The van der Waals surface area contributed by atoms with Crippen molar-refractivity contribution in [2.24, 2.45) is 0 Å². The van der Waals surface area contributed by atoms with E-state index in [0.29, 0.717) is 11.3 Å². The van der Waals surface area contributed by atoms with E-state index in [9.17, 15) is 18.0 Å². The summed E-state index contributed by atoms with van der Waals surface area (Å²) in [7, 11) is 0. The predicted molar refractivity (Wildman–Crippen MR) is 92.0 cm³/mol. The van der Waals surface area contributed by atoms with Crippen LogP contribution in [-0.2, 0) is 0 Å². The van der Waals surface area contributed by atoms with Gasteiger partial charge in [-0.2, -0.15) is 18.3 Å². The third kappa shape index (κ3) is 5.06. The SMILES string of the molecule is Cc1cnn(-c2ccc(C(=O)Nc3ccc(OCC(F)(F)F)nc3)cc2)c1. The number of alkyl halides is 3. The van der Waals surface area contributed by atoms with Crippen molar-refractivity contribution in [2.45, 2.75) is 13.1 Å². The van der Waals surface area contributed by atoms with Crippen LogP contribution in [0.1, 0.15) is 15.9 Å². The van der Waals surface area contributed by atoms with Gasteiger partial charge in [-0.25, -0.2) is 9.67 Å². The third-order valence-electron chi connectivity index (χ3n) is 3.48. The molecule has 0 saturated carbocycles. The van der Waals surface area contributed by atoms with Gasteiger partial charge in [0.15, 0.2) is 6.61 Å². The second kappa shape index (κ2) is 7.48. The van der Waals surface area contributed by atoms with Crippen LogP contribution in [0, 0.1) is 6.92 Å². The largest absolute Gasteiger partial charge is 0.468 e. The summed E-state index contributed by atoms with van der Waals surface area (Å²) in [5, 5.41) is 6.81. The van der Waals surface area contributed by atoms with Crippen molar-refractivity contribution < 1.29 is 22.7 Å². The zero-order chi connectivity index (χ0) is 19.4. The molecular weight excluding hydrogens is 361 g/mol. The van der Waals surface area contributed by atoms with Gasteiger partial charge < -0.3 is 10.1 Å². The van der Waals surface area contributed by atoms with Gasteiger partial charge in [-0.15, -0.1) is 0 Å². The van der Waals surface area contributed by atoms with Crippen LogP contribution in [0.2, 0.25) is 0 Å². The molecule has 2 aromatic heterocycles. The van der Waals surface area contributed by atoms with E-state index in [1.54, 1.807) is 35.1 Å². The number of hydrogen-bond acceptors (Lipinski definition) is 4. The van der Waals surface area contributed by atoms with Crippen molar-refractivity contribution in [3.8, 4) is 11.6 Å². The lowest BCUT2D eigenvalue weighted by atomic mass is 10.2. The molecule has 0 aliphatic carbocycles. The van der Waals surface area contributed by atoms with Crippen LogP contribution in [0.25, 0.3) is 5.69 Å². The Hall–Kier alpha value is -3.36. The fourth-order valence-corrected chi connectivity index (χ4v) is 2.22. The number of hydrogen-bond donors (Lipinski definition) is 1. The maximum atomic E-state index is 12.3. The smallest absolute Gasteiger partial charge is 0.422 e. The average molecular weight is 376 g/mol. The van der Waals surface area contributed by atoms with Crippen LogP contribution in [0.4, 0.5) is 18.9 Å². The first-order valence-electron chi connectivity index (χ1n) is 7.89. The lowest BCUT2D eigenvalue weighted by molar-refractivity contribution is -0.154. The Bertz CT molecular complexity index is 919. The highest BCUT2D eigenvalue weighted by molar-refractivity contribution is 6.04. The zero-order valence-corrected chi connectivity index (χ0v) is 14.2. The Balaban J connectivity index is 1.61. The minimum atomic E-state index is -4.43. The summed E-state index contributed by atoms with van der Waals surface area (Å²) in [6, 6.07) is 9.48. The molecule has 27 heavy (non-hydrogen) atoms. The normalized spacial score (nSPS) is 11.3. The number of carbonyl (C=O) groups is 1. The van der Waals surface area contributed by atoms with E-state index in [1.165, 1.54) is 18.3 Å². The number of aromatic nitrogens is 3. The van der Waals surface area contributed by atoms with Gasteiger partial charge in [0.1, 0.15) is 0 Å². The summed E-state index contributed by atoms with van der Waals surface area (Å²) in [6.07, 6.45) is 0.388. The first kappa shape index (κ1) is 18.4. The van der Waals surface area contributed by atoms with Crippen LogP contribution in [0.5, 0.6) is 5.88 Å². The van der Waals surface area contributed by atoms with E-state index >= 15 is 0 Å². The maximum Gasteiger partial charge on any atom is 0.422 e. The van der Waals surface area contributed by atoms with Gasteiger partial charge in [-0.3, -0.25) is 4.79 Å². The van der Waals surface area contributed by atoms with Gasteiger partial charge in [0.2, 0.25) is 5.88 Å². The van der Waals surface area contributed by atoms with Gasteiger partial charge in [0, 0.05) is 17.8 Å². The molecule has 1 amide bonds. The molecule has 3 rings (SSSR count). The van der Waals surface area contributed by atoms with Gasteiger partial charge in [-0.1, -0.05) is 0 Å². The van der Waals surface area contributed by atoms with E-state index in [0.717, 1.165) is 11.3 Å². The number of amides is 1. The summed E-state index contributed by atoms with van der Waals surface area (Å²) >= 11 is 0. The first-order chi connectivity index (χ1) is 12.8. The molecule has 0 atom stereocenters. The van der Waals surface area contributed by atoms with E-state index in [1.807, 2.05) is 13.1 Å². The lowest BCUT2D eigenvalue weighted by Gasteiger charge is -2.09. The Kier molecular flexibility index (Phi) is 5.11. The number of nitrogens with zero attached hydrogens (tertiary/aromatic N) is 3. The van der Waals surface area contributed by atoms with Crippen LogP contribution in [0.3, 0.4) is 0 Å². The Morgan fingerprint density at radius 3 is 2.44 bits per heavy atom. The Morgan fingerprint density at radius 2 is 1.89 bits per heavy atom. The first-order valence-corrected chi connectivity index (χ1v) is 7.89. The van der Waals surface area contributed by atoms with Crippen LogP contribution in [-0.4, -0.2) is 33.5 Å². The second-order valence-corrected chi connectivity index (χ2v) is 5.75. The number of nitrogens with one attached hydrogen (secondary N) is 1. The fraction of sp³-hybridized carbons (Fsp3) is 0.167. The molecule has 0 aliphatic rings. The molecule has 140 valence electrons. The van der Waals surface area contributed by atoms with Gasteiger partial charge in [0.25, 0.3) is 5.91 Å². The summed E-state index contributed by atoms with van der Waals surface area (Å²) < 4.78 is 42.5. The summed E-state index contributed by atoms with van der Waals surface area (Å²) in [6.45, 7) is 0.507. The molecule has 0 aliphatic heterocycles. The Morgan fingerprint density at radius 1 is 1.15 bits per heavy atom. The second-order valence-electron chi connectivity index (χ2n) is 5.75. The zero-order valence-electron chi connectivity index (χ0n) is 14.2. The molecular formula is C18H15F3N4O2. The standard InChI is InChI=1S/C18H15F3N4O2/c1-12-8-23-25(10-12)15-5-2-13(3-6-15)17(26)24-14-4-7-16(22-9-14)27-11-18(19,20)21/h2-10H,11H2,1H3,(H,24,26). The van der Waals surface area contributed by atoms with Crippen molar-refractivity contribution in [3.63, 3.8) is 0 Å². The molecule has 0 spiro atoms. The average Bonchev–Trinajstić information content (AvgIpc) is 3.07. The van der Waals surface area contributed by atoms with Crippen molar-refractivity contribution in [1.29, 1.82) is 0 Å². The number of halogens is 3. The van der Waals surface area contributed by atoms with Gasteiger partial charge in [-0.05, 0) is 42.8 Å². The molecule has 0 unspecified atom stereocenters. The van der Waals surface area contributed by atoms with Crippen molar-refractivity contribution >= 4 is 11.6 Å². The quantitative estimate of drug-likeness (QED) is 0.736. The number of benzene rings is 1. The minimum absolute atomic E-state index is 0.177. The van der Waals surface area contributed by atoms with Gasteiger partial charge in [0.05, 0.1) is 23.8 Å². The van der Waals surface area contributed by atoms with Crippen molar-refractivity contribution in [1.82, 2.24) is 14.8 Å². The lowest BCUT2D eigenvalue weighted by Crippen LogP contribution is -2.19. The fourth-order valence-electron chi connectivity index (χ4n) is 2.22. The number of ether oxygens (including phenoxy) is 1. The highest BCUT2D eigenvalue weighted by atomic mass is 19.4.